The molecule has 1 saturated heterocycles. The molecular formula is C22H29N3O2S. The predicted octanol–water partition coefficient (Wildman–Crippen LogP) is 4.13. The van der Waals surface area contributed by atoms with E-state index in [1.54, 1.807) is 6.07 Å². The zero-order chi connectivity index (χ0) is 19.9. The van der Waals surface area contributed by atoms with Gasteiger partial charge in [0.15, 0.2) is 0 Å². The first kappa shape index (κ1) is 20.6. The summed E-state index contributed by atoms with van der Waals surface area (Å²) in [5.41, 5.74) is 1.97. The number of likely N-dealkylation sites (tertiary alicyclic amines) is 1. The minimum atomic E-state index is -0.583. The average Bonchev–Trinajstić information content (AvgIpc) is 3.21. The number of benzene rings is 1. The number of thiophene rings is 1. The Kier molecular flexibility index (Phi) is 7.23. The summed E-state index contributed by atoms with van der Waals surface area (Å²) in [5, 5.41) is 7.71. The maximum Gasteiger partial charge on any atom is 0.262 e. The monoisotopic (exact) mass is 399 g/mol. The van der Waals surface area contributed by atoms with Crippen LogP contribution in [0, 0.1) is 5.92 Å². The highest BCUT2D eigenvalue weighted by Crippen LogP contribution is 2.17. The van der Waals surface area contributed by atoms with E-state index in [-0.39, 0.29) is 17.7 Å². The van der Waals surface area contributed by atoms with E-state index in [0.717, 1.165) is 25.3 Å². The number of nitrogens with one attached hydrogen (secondary N) is 2. The van der Waals surface area contributed by atoms with Crippen molar-refractivity contribution in [1.82, 2.24) is 10.2 Å². The molecule has 3 rings (SSSR count). The Balaban J connectivity index is 1.62. The molecule has 5 nitrogen and oxygen atoms in total. The molecule has 0 aliphatic carbocycles. The highest BCUT2D eigenvalue weighted by atomic mass is 32.1. The first-order valence-electron chi connectivity index (χ1n) is 9.99. The molecular weight excluding hydrogens is 370 g/mol. The van der Waals surface area contributed by atoms with E-state index >= 15 is 0 Å². The molecule has 1 atom stereocenters. The molecule has 0 bridgehead atoms. The van der Waals surface area contributed by atoms with Crippen LogP contribution in [0.15, 0.2) is 41.8 Å². The van der Waals surface area contributed by atoms with Gasteiger partial charge in [0.2, 0.25) is 5.91 Å². The van der Waals surface area contributed by atoms with Gasteiger partial charge in [-0.3, -0.25) is 14.5 Å². The first-order valence-corrected chi connectivity index (χ1v) is 10.9. The molecule has 0 spiro atoms. The second-order valence-electron chi connectivity index (χ2n) is 7.70. The van der Waals surface area contributed by atoms with Gasteiger partial charge in [0.25, 0.3) is 5.91 Å². The highest BCUT2D eigenvalue weighted by molar-refractivity contribution is 7.12. The second kappa shape index (κ2) is 9.85. The summed E-state index contributed by atoms with van der Waals surface area (Å²) in [6.07, 6.45) is 3.84. The number of carbonyl (C=O) groups is 2. The summed E-state index contributed by atoms with van der Waals surface area (Å²) in [5.74, 6) is -0.404. The molecule has 1 aliphatic rings. The van der Waals surface area contributed by atoms with Crippen LogP contribution in [0.25, 0.3) is 0 Å². The number of amides is 2. The summed E-state index contributed by atoms with van der Waals surface area (Å²) in [6, 6.07) is 11.0. The molecule has 2 N–H and O–H groups in total. The third kappa shape index (κ3) is 5.66. The van der Waals surface area contributed by atoms with Crippen molar-refractivity contribution < 1.29 is 9.59 Å². The van der Waals surface area contributed by atoms with Crippen molar-refractivity contribution in [2.75, 3.05) is 18.4 Å². The molecule has 2 heterocycles. The topological polar surface area (TPSA) is 61.4 Å². The van der Waals surface area contributed by atoms with E-state index in [1.165, 1.54) is 36.2 Å². The lowest BCUT2D eigenvalue weighted by molar-refractivity contribution is -0.118. The minimum Gasteiger partial charge on any atom is -0.339 e. The second-order valence-corrected chi connectivity index (χ2v) is 8.65. The van der Waals surface area contributed by atoms with Crippen LogP contribution >= 0.6 is 11.3 Å². The van der Waals surface area contributed by atoms with Crippen LogP contribution in [0.1, 0.15) is 48.3 Å². The standard InChI is InChI=1S/C22H29N3O2S/c1-16(2)20(24-21(26)19-10-7-13-28-19)22(27)23-18-9-6-8-17(14-18)15-25-11-4-3-5-12-25/h6-10,13-14,16,20H,3-5,11-12,15H2,1-2H3,(H,23,27)(H,24,26). The van der Waals surface area contributed by atoms with Crippen molar-refractivity contribution in [2.24, 2.45) is 5.92 Å². The Hall–Kier alpha value is -2.18. The Morgan fingerprint density at radius 2 is 1.89 bits per heavy atom. The van der Waals surface area contributed by atoms with Crippen LogP contribution in [-0.4, -0.2) is 35.8 Å². The number of hydrogen-bond donors (Lipinski definition) is 2. The van der Waals surface area contributed by atoms with Crippen molar-refractivity contribution in [2.45, 2.75) is 45.7 Å². The Morgan fingerprint density at radius 1 is 1.11 bits per heavy atom. The van der Waals surface area contributed by atoms with E-state index in [2.05, 4.69) is 21.6 Å². The molecule has 1 aromatic heterocycles. The third-order valence-electron chi connectivity index (χ3n) is 5.03. The van der Waals surface area contributed by atoms with E-state index < -0.39 is 6.04 Å². The van der Waals surface area contributed by atoms with Gasteiger partial charge in [-0.2, -0.15) is 0 Å². The van der Waals surface area contributed by atoms with E-state index in [0.29, 0.717) is 4.88 Å². The number of rotatable bonds is 7. The normalized spacial score (nSPS) is 16.0. The zero-order valence-corrected chi connectivity index (χ0v) is 17.4. The smallest absolute Gasteiger partial charge is 0.262 e. The molecule has 1 aromatic carbocycles. The van der Waals surface area contributed by atoms with Gasteiger partial charge in [0.05, 0.1) is 4.88 Å². The summed E-state index contributed by atoms with van der Waals surface area (Å²) >= 11 is 1.37. The van der Waals surface area contributed by atoms with Gasteiger partial charge < -0.3 is 10.6 Å². The summed E-state index contributed by atoms with van der Waals surface area (Å²) in [7, 11) is 0. The third-order valence-corrected chi connectivity index (χ3v) is 5.90. The Bertz CT molecular complexity index is 783. The van der Waals surface area contributed by atoms with Crippen molar-refractivity contribution in [1.29, 1.82) is 0 Å². The van der Waals surface area contributed by atoms with Gasteiger partial charge in [-0.25, -0.2) is 0 Å². The minimum absolute atomic E-state index is 0.0135. The molecule has 2 aromatic rings. The lowest BCUT2D eigenvalue weighted by atomic mass is 10.0. The molecule has 0 saturated carbocycles. The fourth-order valence-corrected chi connectivity index (χ4v) is 4.13. The fraction of sp³-hybridized carbons (Fsp3) is 0.455. The van der Waals surface area contributed by atoms with Crippen molar-refractivity contribution in [3.63, 3.8) is 0 Å². The van der Waals surface area contributed by atoms with Crippen LogP contribution in [0.4, 0.5) is 5.69 Å². The van der Waals surface area contributed by atoms with Crippen molar-refractivity contribution >= 4 is 28.8 Å². The number of nitrogens with zero attached hydrogens (tertiary/aromatic N) is 1. The van der Waals surface area contributed by atoms with Crippen LogP contribution in [0.2, 0.25) is 0 Å². The molecule has 1 unspecified atom stereocenters. The van der Waals surface area contributed by atoms with Gasteiger partial charge in [-0.1, -0.05) is 38.5 Å². The molecule has 150 valence electrons. The molecule has 2 amide bonds. The maximum atomic E-state index is 12.8. The van der Waals surface area contributed by atoms with Gasteiger partial charge >= 0.3 is 0 Å². The van der Waals surface area contributed by atoms with Crippen LogP contribution in [0.3, 0.4) is 0 Å². The van der Waals surface area contributed by atoms with Crippen molar-refractivity contribution in [3.8, 4) is 0 Å². The maximum absolute atomic E-state index is 12.8. The number of piperidine rings is 1. The Morgan fingerprint density at radius 3 is 2.57 bits per heavy atom. The summed E-state index contributed by atoms with van der Waals surface area (Å²) in [6.45, 7) is 7.06. The number of carbonyl (C=O) groups excluding carboxylic acids is 2. The predicted molar refractivity (Wildman–Crippen MR) is 115 cm³/mol. The van der Waals surface area contributed by atoms with Crippen LogP contribution < -0.4 is 10.6 Å². The quantitative estimate of drug-likeness (QED) is 0.736. The number of hydrogen-bond acceptors (Lipinski definition) is 4. The van der Waals surface area contributed by atoms with Gasteiger partial charge in [0.1, 0.15) is 6.04 Å². The van der Waals surface area contributed by atoms with Crippen LogP contribution in [-0.2, 0) is 11.3 Å². The van der Waals surface area contributed by atoms with Gasteiger partial charge in [-0.15, -0.1) is 11.3 Å². The van der Waals surface area contributed by atoms with E-state index in [9.17, 15) is 9.59 Å². The van der Waals surface area contributed by atoms with Gasteiger partial charge in [0, 0.05) is 12.2 Å². The molecule has 6 heteroatoms. The highest BCUT2D eigenvalue weighted by Gasteiger charge is 2.25. The summed E-state index contributed by atoms with van der Waals surface area (Å²) < 4.78 is 0. The van der Waals surface area contributed by atoms with Gasteiger partial charge in [-0.05, 0) is 61.0 Å². The van der Waals surface area contributed by atoms with Crippen molar-refractivity contribution in [3.05, 3.63) is 52.2 Å². The van der Waals surface area contributed by atoms with E-state index in [1.807, 2.05) is 43.5 Å². The average molecular weight is 400 g/mol. The Labute approximate surface area is 171 Å². The molecule has 0 radical (unpaired) electrons. The fourth-order valence-electron chi connectivity index (χ4n) is 3.50. The van der Waals surface area contributed by atoms with Crippen LogP contribution in [0.5, 0.6) is 0 Å². The molecule has 1 fully saturated rings. The SMILES string of the molecule is CC(C)C(NC(=O)c1cccs1)C(=O)Nc1cccc(CN2CCCCC2)c1. The largest absolute Gasteiger partial charge is 0.339 e. The zero-order valence-electron chi connectivity index (χ0n) is 16.6. The first-order chi connectivity index (χ1) is 13.5. The lowest BCUT2D eigenvalue weighted by Gasteiger charge is -2.26. The summed E-state index contributed by atoms with van der Waals surface area (Å²) in [4.78, 5) is 28.3. The number of anilines is 1. The lowest BCUT2D eigenvalue weighted by Crippen LogP contribution is -2.46. The molecule has 28 heavy (non-hydrogen) atoms. The van der Waals surface area contributed by atoms with E-state index in [4.69, 9.17) is 0 Å². The molecule has 1 aliphatic heterocycles.